The Morgan fingerprint density at radius 3 is 2.67 bits per heavy atom. The highest BCUT2D eigenvalue weighted by atomic mass is 19.4. The van der Waals surface area contributed by atoms with Gasteiger partial charge in [-0.1, -0.05) is 6.07 Å². The first-order valence-corrected chi connectivity index (χ1v) is 6.90. The summed E-state index contributed by atoms with van der Waals surface area (Å²) >= 11 is 0. The van der Waals surface area contributed by atoms with Gasteiger partial charge < -0.3 is 15.5 Å². The molecule has 2 heterocycles. The van der Waals surface area contributed by atoms with Crippen LogP contribution in [0.5, 0.6) is 0 Å². The van der Waals surface area contributed by atoms with Gasteiger partial charge in [0.25, 0.3) is 0 Å². The van der Waals surface area contributed by atoms with Crippen LogP contribution in [0.25, 0.3) is 11.0 Å². The molecule has 2 aromatic heterocycles. The second-order valence-electron chi connectivity index (χ2n) is 5.16. The number of fused-ring (bicyclic) bond motifs is 1. The van der Waals surface area contributed by atoms with Crippen molar-refractivity contribution in [3.8, 4) is 0 Å². The molecule has 0 saturated carbocycles. The monoisotopic (exact) mass is 340 g/mol. The molecule has 9 heteroatoms. The van der Waals surface area contributed by atoms with Gasteiger partial charge in [0.2, 0.25) is 5.95 Å². The first kappa shape index (κ1) is 16.0. The second kappa shape index (κ2) is 5.66. The lowest BCUT2D eigenvalue weighted by Gasteiger charge is -2.13. The van der Waals surface area contributed by atoms with Crippen LogP contribution in [0, 0.1) is 5.82 Å². The number of aromatic nitrogens is 2. The van der Waals surface area contributed by atoms with Gasteiger partial charge >= 0.3 is 6.18 Å². The number of nitrogens with one attached hydrogen (secondary N) is 1. The van der Waals surface area contributed by atoms with E-state index in [1.807, 2.05) is 0 Å². The van der Waals surface area contributed by atoms with Crippen molar-refractivity contribution in [1.82, 2.24) is 9.97 Å². The average molecular weight is 340 g/mol. The molecule has 3 aromatic rings. The Labute approximate surface area is 133 Å². The maximum Gasteiger partial charge on any atom is 0.421 e. The number of furan rings is 1. The Bertz CT molecular complexity index is 891. The topological polar surface area (TPSA) is 77.0 Å². The maximum atomic E-state index is 13.7. The molecule has 126 valence electrons. The van der Waals surface area contributed by atoms with Gasteiger partial charge in [-0.3, -0.25) is 0 Å². The quantitative estimate of drug-likeness (QED) is 0.701. The van der Waals surface area contributed by atoms with Crippen molar-refractivity contribution in [1.29, 1.82) is 0 Å². The van der Waals surface area contributed by atoms with Gasteiger partial charge in [0.15, 0.2) is 0 Å². The molecule has 1 atom stereocenters. The zero-order valence-electron chi connectivity index (χ0n) is 12.4. The summed E-state index contributed by atoms with van der Waals surface area (Å²) in [7, 11) is 0. The van der Waals surface area contributed by atoms with Crippen LogP contribution in [-0.4, -0.2) is 9.97 Å². The third kappa shape index (κ3) is 2.97. The van der Waals surface area contributed by atoms with E-state index in [-0.39, 0.29) is 5.95 Å². The molecule has 0 amide bonds. The van der Waals surface area contributed by atoms with Crippen LogP contribution in [0.15, 0.2) is 34.9 Å². The molecule has 0 aliphatic heterocycles. The first-order valence-electron chi connectivity index (χ1n) is 6.90. The number of nitrogens with two attached hydrogens (primary N) is 1. The lowest BCUT2D eigenvalue weighted by molar-refractivity contribution is -0.137. The third-order valence-electron chi connectivity index (χ3n) is 3.42. The van der Waals surface area contributed by atoms with Crippen LogP contribution in [0.3, 0.4) is 0 Å². The van der Waals surface area contributed by atoms with Gasteiger partial charge in [-0.25, -0.2) is 9.37 Å². The molecule has 0 radical (unpaired) electrons. The molecule has 0 aliphatic rings. The Morgan fingerprint density at radius 2 is 2.04 bits per heavy atom. The molecule has 1 aromatic carbocycles. The fourth-order valence-electron chi connectivity index (χ4n) is 2.21. The summed E-state index contributed by atoms with van der Waals surface area (Å²) in [5.41, 5.74) is 4.58. The largest absolute Gasteiger partial charge is 0.459 e. The molecule has 0 bridgehead atoms. The number of benzene rings is 1. The standard InChI is InChI=1S/C15H12F4N4O/c1-7(12-5-8-10(16)3-2-4-11(8)24-12)22-14-21-6-9(13(20)23-14)15(17,18)19/h2-7H,1H3,(H3,20,21,22,23)/t7-/m1/s1. The first-order chi connectivity index (χ1) is 11.3. The van der Waals surface area contributed by atoms with Gasteiger partial charge in [0, 0.05) is 6.20 Å². The zero-order valence-corrected chi connectivity index (χ0v) is 12.4. The van der Waals surface area contributed by atoms with E-state index < -0.39 is 29.4 Å². The highest BCUT2D eigenvalue weighted by Gasteiger charge is 2.34. The molecule has 24 heavy (non-hydrogen) atoms. The lowest BCUT2D eigenvalue weighted by atomic mass is 10.2. The van der Waals surface area contributed by atoms with E-state index in [1.165, 1.54) is 18.2 Å². The third-order valence-corrected chi connectivity index (χ3v) is 3.42. The number of nitrogens with zero attached hydrogens (tertiary/aromatic N) is 2. The lowest BCUT2D eigenvalue weighted by Crippen LogP contribution is -2.14. The van der Waals surface area contributed by atoms with Crippen molar-refractivity contribution in [3.05, 3.63) is 47.6 Å². The molecule has 0 fully saturated rings. The van der Waals surface area contributed by atoms with Gasteiger partial charge in [0.1, 0.15) is 28.5 Å². The number of hydrogen-bond acceptors (Lipinski definition) is 5. The number of anilines is 2. The van der Waals surface area contributed by atoms with Crippen molar-refractivity contribution in [3.63, 3.8) is 0 Å². The Kier molecular flexibility index (Phi) is 3.78. The average Bonchev–Trinajstić information content (AvgIpc) is 2.91. The number of alkyl halides is 3. The van der Waals surface area contributed by atoms with Crippen molar-refractivity contribution < 1.29 is 22.0 Å². The van der Waals surface area contributed by atoms with E-state index in [9.17, 15) is 17.6 Å². The molecule has 0 spiro atoms. The predicted octanol–water partition coefficient (Wildman–Crippen LogP) is 4.14. The van der Waals surface area contributed by atoms with Crippen LogP contribution in [-0.2, 0) is 6.18 Å². The van der Waals surface area contributed by atoms with Crippen LogP contribution in [0.4, 0.5) is 29.3 Å². The minimum Gasteiger partial charge on any atom is -0.459 e. The summed E-state index contributed by atoms with van der Waals surface area (Å²) in [6, 6.07) is 5.44. The van der Waals surface area contributed by atoms with Crippen molar-refractivity contribution in [2.24, 2.45) is 0 Å². The van der Waals surface area contributed by atoms with Crippen LogP contribution in [0.2, 0.25) is 0 Å². The van der Waals surface area contributed by atoms with Gasteiger partial charge in [-0.2, -0.15) is 18.2 Å². The smallest absolute Gasteiger partial charge is 0.421 e. The maximum absolute atomic E-state index is 13.7. The Hall–Kier alpha value is -2.84. The van der Waals surface area contributed by atoms with Crippen LogP contribution in [0.1, 0.15) is 24.3 Å². The number of halogens is 4. The summed E-state index contributed by atoms with van der Waals surface area (Å²) in [5.74, 6) is -0.807. The van der Waals surface area contributed by atoms with E-state index in [0.29, 0.717) is 22.9 Å². The van der Waals surface area contributed by atoms with Gasteiger partial charge in [0.05, 0.1) is 11.4 Å². The van der Waals surface area contributed by atoms with Crippen molar-refractivity contribution in [2.75, 3.05) is 11.1 Å². The van der Waals surface area contributed by atoms with Crippen LogP contribution < -0.4 is 11.1 Å². The van der Waals surface area contributed by atoms with E-state index in [2.05, 4.69) is 15.3 Å². The minimum absolute atomic E-state index is 0.0890. The fraction of sp³-hybridized carbons (Fsp3) is 0.200. The van der Waals surface area contributed by atoms with E-state index in [0.717, 1.165) is 0 Å². The molecule has 5 nitrogen and oxygen atoms in total. The van der Waals surface area contributed by atoms with Crippen molar-refractivity contribution >= 4 is 22.7 Å². The zero-order chi connectivity index (χ0) is 17.5. The highest BCUT2D eigenvalue weighted by molar-refractivity contribution is 5.78. The molecule has 0 saturated heterocycles. The van der Waals surface area contributed by atoms with E-state index in [1.54, 1.807) is 13.0 Å². The van der Waals surface area contributed by atoms with Crippen molar-refractivity contribution in [2.45, 2.75) is 19.1 Å². The summed E-state index contributed by atoms with van der Waals surface area (Å²) in [6.45, 7) is 1.67. The number of hydrogen-bond donors (Lipinski definition) is 2. The molecule has 3 rings (SSSR count). The normalized spacial score (nSPS) is 13.2. The van der Waals surface area contributed by atoms with Gasteiger partial charge in [-0.05, 0) is 25.1 Å². The Balaban J connectivity index is 1.85. The predicted molar refractivity (Wildman–Crippen MR) is 79.7 cm³/mol. The number of nitrogen functional groups attached to an aromatic ring is 1. The molecule has 0 unspecified atom stereocenters. The van der Waals surface area contributed by atoms with E-state index in [4.69, 9.17) is 10.2 Å². The second-order valence-corrected chi connectivity index (χ2v) is 5.16. The molecular formula is C15H12F4N4O. The molecule has 0 aliphatic carbocycles. The summed E-state index contributed by atoms with van der Waals surface area (Å²) in [5, 5.41) is 3.09. The highest BCUT2D eigenvalue weighted by Crippen LogP contribution is 2.33. The summed E-state index contributed by atoms with van der Waals surface area (Å²) in [4.78, 5) is 7.20. The molecule has 3 N–H and O–H groups in total. The Morgan fingerprint density at radius 1 is 1.29 bits per heavy atom. The summed E-state index contributed by atoms with van der Waals surface area (Å²) in [6.07, 6.45) is -4.01. The minimum atomic E-state index is -4.62. The molecular weight excluding hydrogens is 328 g/mol. The van der Waals surface area contributed by atoms with Crippen LogP contribution >= 0.6 is 0 Å². The van der Waals surface area contributed by atoms with E-state index >= 15 is 0 Å². The fourth-order valence-corrected chi connectivity index (χ4v) is 2.21. The summed E-state index contributed by atoms with van der Waals surface area (Å²) < 4.78 is 57.1. The van der Waals surface area contributed by atoms with Gasteiger partial charge in [-0.15, -0.1) is 0 Å². The SMILES string of the molecule is C[C@@H](Nc1ncc(C(F)(F)F)c(N)n1)c1cc2c(F)cccc2o1. The number of rotatable bonds is 3.